The molecule has 5 rings (SSSR count). The molecule has 3 amide bonds. The lowest BCUT2D eigenvalue weighted by atomic mass is 10.0. The number of rotatable bonds is 5. The number of carbonyl (C=O) groups excluding carboxylic acids is 3. The van der Waals surface area contributed by atoms with E-state index in [2.05, 4.69) is 5.32 Å². The van der Waals surface area contributed by atoms with Crippen LogP contribution in [0.4, 0.5) is 5.69 Å². The number of nitrogens with one attached hydrogen (secondary N) is 1. The minimum absolute atomic E-state index is 0.0919. The number of anilines is 1. The third-order valence-electron chi connectivity index (χ3n) is 6.62. The molecule has 0 aromatic heterocycles. The molecule has 0 bridgehead atoms. The van der Waals surface area contributed by atoms with Gasteiger partial charge in [0.05, 0.1) is 17.8 Å². The van der Waals surface area contributed by atoms with Crippen molar-refractivity contribution in [3.8, 4) is 0 Å². The Balaban J connectivity index is 1.44. The number of amides is 3. The summed E-state index contributed by atoms with van der Waals surface area (Å²) in [6, 6.07) is 22.2. The predicted molar refractivity (Wildman–Crippen MR) is 130 cm³/mol. The predicted octanol–water partition coefficient (Wildman–Crippen LogP) is 4.08. The van der Waals surface area contributed by atoms with E-state index >= 15 is 0 Å². The maximum Gasteiger partial charge on any atom is 0.256 e. The molecule has 1 unspecified atom stereocenters. The number of para-hydroxylation sites is 1. The fourth-order valence-electron chi connectivity index (χ4n) is 4.92. The van der Waals surface area contributed by atoms with Crippen LogP contribution in [0.25, 0.3) is 0 Å². The van der Waals surface area contributed by atoms with Gasteiger partial charge < -0.3 is 15.1 Å². The van der Waals surface area contributed by atoms with Crippen molar-refractivity contribution in [2.45, 2.75) is 38.9 Å². The van der Waals surface area contributed by atoms with Crippen LogP contribution in [0.2, 0.25) is 0 Å². The van der Waals surface area contributed by atoms with Gasteiger partial charge in [-0.05, 0) is 49.1 Å². The number of nitrogens with zero attached hydrogens (tertiary/aromatic N) is 2. The molecular weight excluding hydrogens is 426 g/mol. The second-order valence-electron chi connectivity index (χ2n) is 8.93. The zero-order valence-electron chi connectivity index (χ0n) is 19.2. The van der Waals surface area contributed by atoms with E-state index in [1.807, 2.05) is 67.6 Å². The largest absolute Gasteiger partial charge is 0.348 e. The van der Waals surface area contributed by atoms with E-state index in [1.165, 1.54) is 0 Å². The van der Waals surface area contributed by atoms with E-state index in [0.29, 0.717) is 36.3 Å². The molecule has 2 heterocycles. The highest BCUT2D eigenvalue weighted by Crippen LogP contribution is 2.33. The second kappa shape index (κ2) is 9.14. The molecule has 1 fully saturated rings. The zero-order chi connectivity index (χ0) is 23.7. The maximum absolute atomic E-state index is 13.6. The van der Waals surface area contributed by atoms with Crippen LogP contribution in [0.3, 0.4) is 0 Å². The van der Waals surface area contributed by atoms with Crippen molar-refractivity contribution in [2.75, 3.05) is 11.4 Å². The lowest BCUT2D eigenvalue weighted by molar-refractivity contribution is -0.122. The van der Waals surface area contributed by atoms with Crippen LogP contribution >= 0.6 is 0 Å². The molecule has 2 aliphatic heterocycles. The van der Waals surface area contributed by atoms with Crippen molar-refractivity contribution < 1.29 is 14.4 Å². The highest BCUT2D eigenvalue weighted by Gasteiger charge is 2.42. The molecule has 6 heteroatoms. The number of hydrogen-bond acceptors (Lipinski definition) is 3. The first kappa shape index (κ1) is 21.9. The quantitative estimate of drug-likeness (QED) is 0.633. The minimum Gasteiger partial charge on any atom is -0.348 e. The van der Waals surface area contributed by atoms with Crippen LogP contribution in [0, 0.1) is 6.92 Å². The molecule has 0 radical (unpaired) electrons. The Morgan fingerprint density at radius 3 is 2.65 bits per heavy atom. The summed E-state index contributed by atoms with van der Waals surface area (Å²) in [5.74, 6) is -0.380. The third kappa shape index (κ3) is 4.07. The summed E-state index contributed by atoms with van der Waals surface area (Å²) in [6.07, 6.45) is 1.48. The highest BCUT2D eigenvalue weighted by atomic mass is 16.2. The fourth-order valence-corrected chi connectivity index (χ4v) is 4.92. The maximum atomic E-state index is 13.6. The van der Waals surface area contributed by atoms with Crippen molar-refractivity contribution in [1.29, 1.82) is 0 Å². The smallest absolute Gasteiger partial charge is 0.256 e. The van der Waals surface area contributed by atoms with Crippen LogP contribution in [0.5, 0.6) is 0 Å². The lowest BCUT2D eigenvalue weighted by Crippen LogP contribution is -2.44. The van der Waals surface area contributed by atoms with Crippen molar-refractivity contribution in [1.82, 2.24) is 10.2 Å². The molecule has 6 nitrogen and oxygen atoms in total. The van der Waals surface area contributed by atoms with Gasteiger partial charge in [0.15, 0.2) is 0 Å². The van der Waals surface area contributed by atoms with E-state index in [4.69, 9.17) is 0 Å². The fraction of sp³-hybridized carbons (Fsp3) is 0.250. The molecule has 2 aliphatic rings. The second-order valence-corrected chi connectivity index (χ2v) is 8.93. The SMILES string of the molecule is Cc1cccc(CNC(=O)c2ccccc2CN2C(=O)C3CCCN3C(=O)c3ccccc32)c1. The first-order chi connectivity index (χ1) is 16.5. The van der Waals surface area contributed by atoms with Gasteiger partial charge in [-0.15, -0.1) is 0 Å². The Kier molecular flexibility index (Phi) is 5.88. The molecule has 3 aromatic carbocycles. The van der Waals surface area contributed by atoms with Gasteiger partial charge in [-0.1, -0.05) is 60.2 Å². The van der Waals surface area contributed by atoms with Crippen LogP contribution in [-0.2, 0) is 17.9 Å². The summed E-state index contributed by atoms with van der Waals surface area (Å²) in [6.45, 7) is 3.26. The average molecular weight is 454 g/mol. The van der Waals surface area contributed by atoms with Crippen molar-refractivity contribution in [3.63, 3.8) is 0 Å². The number of benzene rings is 3. The topological polar surface area (TPSA) is 69.7 Å². The number of carbonyl (C=O) groups is 3. The summed E-state index contributed by atoms with van der Waals surface area (Å²) < 4.78 is 0. The van der Waals surface area contributed by atoms with Gasteiger partial charge in [0.25, 0.3) is 11.8 Å². The first-order valence-corrected chi connectivity index (χ1v) is 11.7. The van der Waals surface area contributed by atoms with Crippen LogP contribution in [0.1, 0.15) is 50.2 Å². The Hall–Kier alpha value is -3.93. The highest BCUT2D eigenvalue weighted by molar-refractivity contribution is 6.11. The van der Waals surface area contributed by atoms with Gasteiger partial charge in [0.2, 0.25) is 5.91 Å². The van der Waals surface area contributed by atoms with Crippen LogP contribution in [-0.4, -0.2) is 35.2 Å². The Morgan fingerprint density at radius 2 is 1.79 bits per heavy atom. The van der Waals surface area contributed by atoms with Crippen molar-refractivity contribution in [3.05, 3.63) is 101 Å². The van der Waals surface area contributed by atoms with Crippen LogP contribution < -0.4 is 10.2 Å². The summed E-state index contributed by atoms with van der Waals surface area (Å²) in [7, 11) is 0. The van der Waals surface area contributed by atoms with Gasteiger partial charge in [-0.25, -0.2) is 0 Å². The molecule has 1 atom stereocenters. The van der Waals surface area contributed by atoms with Gasteiger partial charge in [0, 0.05) is 18.7 Å². The normalized spacial score (nSPS) is 17.3. The summed E-state index contributed by atoms with van der Waals surface area (Å²) in [5.41, 5.74) is 4.57. The molecule has 0 spiro atoms. The Labute approximate surface area is 199 Å². The minimum atomic E-state index is -0.456. The first-order valence-electron chi connectivity index (χ1n) is 11.7. The van der Waals surface area contributed by atoms with Gasteiger partial charge >= 0.3 is 0 Å². The van der Waals surface area contributed by atoms with Crippen LogP contribution in [0.15, 0.2) is 72.8 Å². The summed E-state index contributed by atoms with van der Waals surface area (Å²) in [5, 5.41) is 3.00. The molecule has 0 aliphatic carbocycles. The van der Waals surface area contributed by atoms with E-state index in [0.717, 1.165) is 23.1 Å². The molecule has 0 saturated carbocycles. The molecule has 1 saturated heterocycles. The van der Waals surface area contributed by atoms with E-state index in [1.54, 1.807) is 21.9 Å². The van der Waals surface area contributed by atoms with Gasteiger partial charge in [-0.2, -0.15) is 0 Å². The summed E-state index contributed by atoms with van der Waals surface area (Å²) in [4.78, 5) is 43.2. The van der Waals surface area contributed by atoms with E-state index in [-0.39, 0.29) is 24.3 Å². The molecule has 172 valence electrons. The number of fused-ring (bicyclic) bond motifs is 2. The Bertz CT molecular complexity index is 1270. The number of hydrogen-bond donors (Lipinski definition) is 1. The lowest BCUT2D eigenvalue weighted by Gasteiger charge is -2.26. The number of aryl methyl sites for hydroxylation is 1. The average Bonchev–Trinajstić information content (AvgIpc) is 3.33. The summed E-state index contributed by atoms with van der Waals surface area (Å²) >= 11 is 0. The molecule has 3 aromatic rings. The van der Waals surface area contributed by atoms with E-state index < -0.39 is 6.04 Å². The van der Waals surface area contributed by atoms with Crippen molar-refractivity contribution >= 4 is 23.4 Å². The molecule has 1 N–H and O–H groups in total. The standard InChI is InChI=1S/C28H27N3O3/c1-19-8-6-9-20(16-19)17-29-26(32)22-11-3-2-10-21(22)18-31-24-13-5-4-12-23(24)27(33)30-15-7-14-25(30)28(31)34/h2-6,8-13,16,25H,7,14-15,17-18H2,1H3,(H,29,32). The Morgan fingerprint density at radius 1 is 1.00 bits per heavy atom. The molecular formula is C28H27N3O3. The molecule has 34 heavy (non-hydrogen) atoms. The monoisotopic (exact) mass is 453 g/mol. The van der Waals surface area contributed by atoms with Crippen molar-refractivity contribution in [2.24, 2.45) is 0 Å². The zero-order valence-corrected chi connectivity index (χ0v) is 19.2. The van der Waals surface area contributed by atoms with Gasteiger partial charge in [-0.3, -0.25) is 14.4 Å². The van der Waals surface area contributed by atoms with E-state index in [9.17, 15) is 14.4 Å². The third-order valence-corrected chi connectivity index (χ3v) is 6.62. The van der Waals surface area contributed by atoms with Gasteiger partial charge in [0.1, 0.15) is 6.04 Å².